The minimum absolute atomic E-state index is 0.0658. The molecule has 2 aliphatic rings. The third-order valence-corrected chi connectivity index (χ3v) is 6.37. The Morgan fingerprint density at radius 2 is 1.72 bits per heavy atom. The van der Waals surface area contributed by atoms with Gasteiger partial charge in [0.25, 0.3) is 5.91 Å². The van der Waals surface area contributed by atoms with Crippen LogP contribution in [-0.2, 0) is 9.59 Å². The number of benzene rings is 2. The average molecular weight is 490 g/mol. The second-order valence-electron chi connectivity index (χ2n) is 8.76. The van der Waals surface area contributed by atoms with Crippen LogP contribution in [0.25, 0.3) is 0 Å². The molecule has 1 saturated carbocycles. The van der Waals surface area contributed by atoms with Crippen LogP contribution >= 0.6 is 0 Å². The summed E-state index contributed by atoms with van der Waals surface area (Å²) < 4.78 is 16.1. The number of ether oxygens (including phenoxy) is 2. The monoisotopic (exact) mass is 489 g/mol. The van der Waals surface area contributed by atoms with Gasteiger partial charge < -0.3 is 24.5 Å². The van der Waals surface area contributed by atoms with Gasteiger partial charge in [0.1, 0.15) is 6.04 Å². The van der Waals surface area contributed by atoms with E-state index in [1.165, 1.54) is 17.2 Å². The Balaban J connectivity index is 1.49. The number of furan rings is 1. The maximum absolute atomic E-state index is 13.7. The lowest BCUT2D eigenvalue weighted by Crippen LogP contribution is -2.49. The number of carbonyl (C=O) groups excluding carboxylic acids is 3. The van der Waals surface area contributed by atoms with E-state index in [2.05, 4.69) is 10.6 Å². The molecule has 0 unspecified atom stereocenters. The zero-order valence-electron chi connectivity index (χ0n) is 19.6. The Morgan fingerprint density at radius 3 is 2.47 bits per heavy atom. The normalized spacial score (nSPS) is 15.3. The van der Waals surface area contributed by atoms with Gasteiger partial charge in [-0.05, 0) is 42.7 Å². The summed E-state index contributed by atoms with van der Waals surface area (Å²) in [6.45, 7) is -0.260. The van der Waals surface area contributed by atoms with Crippen molar-refractivity contribution in [3.63, 3.8) is 0 Å². The van der Waals surface area contributed by atoms with Crippen molar-refractivity contribution in [1.82, 2.24) is 10.6 Å². The summed E-state index contributed by atoms with van der Waals surface area (Å²) in [5, 5.41) is 5.73. The van der Waals surface area contributed by atoms with Crippen molar-refractivity contribution in [3.8, 4) is 11.5 Å². The van der Waals surface area contributed by atoms with Gasteiger partial charge >= 0.3 is 0 Å². The van der Waals surface area contributed by atoms with Crippen molar-refractivity contribution < 1.29 is 28.3 Å². The molecule has 2 heterocycles. The van der Waals surface area contributed by atoms with E-state index in [-0.39, 0.29) is 31.0 Å². The molecule has 36 heavy (non-hydrogen) atoms. The Hall–Kier alpha value is -4.27. The van der Waals surface area contributed by atoms with Gasteiger partial charge in [-0.1, -0.05) is 43.2 Å². The molecule has 9 nitrogen and oxygen atoms in total. The number of hydrogen-bond donors (Lipinski definition) is 2. The van der Waals surface area contributed by atoms with Crippen molar-refractivity contribution in [1.29, 1.82) is 0 Å². The Morgan fingerprint density at radius 1 is 0.944 bits per heavy atom. The highest BCUT2D eigenvalue weighted by Crippen LogP contribution is 2.38. The van der Waals surface area contributed by atoms with Gasteiger partial charge in [-0.15, -0.1) is 0 Å². The quantitative estimate of drug-likeness (QED) is 0.501. The highest BCUT2D eigenvalue weighted by atomic mass is 16.7. The molecular formula is C27H27N3O6. The number of anilines is 1. The standard InChI is InChI=1S/C27H27N3O6/c31-24(16-28-26(32)22-11-6-14-34-22)30(20-12-13-21-23(15-20)36-17-35-21)25(18-7-2-1-3-8-18)27(33)29-19-9-4-5-10-19/h1-3,6-8,11-15,19,25H,4-5,9-10,16-17H2,(H,28,32)(H,29,33)/t25-/m1/s1. The molecule has 5 rings (SSSR count). The van der Waals surface area contributed by atoms with E-state index in [1.807, 2.05) is 30.3 Å². The lowest BCUT2D eigenvalue weighted by molar-refractivity contribution is -0.126. The van der Waals surface area contributed by atoms with Crippen molar-refractivity contribution in [3.05, 3.63) is 78.3 Å². The van der Waals surface area contributed by atoms with Gasteiger partial charge in [0.15, 0.2) is 17.3 Å². The molecule has 3 aromatic rings. The van der Waals surface area contributed by atoms with E-state index in [4.69, 9.17) is 13.9 Å². The SMILES string of the molecule is O=C(NCC(=O)N(c1ccc2c(c1)OCO2)[C@@H](C(=O)NC1CCCC1)c1ccccc1)c1ccco1. The number of nitrogens with one attached hydrogen (secondary N) is 2. The first-order valence-corrected chi connectivity index (χ1v) is 12.0. The molecule has 1 aliphatic carbocycles. The largest absolute Gasteiger partial charge is 0.459 e. The summed E-state index contributed by atoms with van der Waals surface area (Å²) in [4.78, 5) is 41.3. The zero-order chi connectivity index (χ0) is 24.9. The first-order valence-electron chi connectivity index (χ1n) is 12.0. The summed E-state index contributed by atoms with van der Waals surface area (Å²) in [6.07, 6.45) is 5.32. The molecule has 3 amide bonds. The van der Waals surface area contributed by atoms with Crippen LogP contribution in [0.5, 0.6) is 11.5 Å². The first-order chi connectivity index (χ1) is 17.6. The van der Waals surface area contributed by atoms with Crippen LogP contribution in [0, 0.1) is 0 Å². The minimum atomic E-state index is -0.958. The fraction of sp³-hybridized carbons (Fsp3) is 0.296. The van der Waals surface area contributed by atoms with Gasteiger partial charge in [0.05, 0.1) is 12.8 Å². The van der Waals surface area contributed by atoms with Crippen LogP contribution in [0.1, 0.15) is 47.8 Å². The van der Waals surface area contributed by atoms with E-state index in [9.17, 15) is 14.4 Å². The van der Waals surface area contributed by atoms with Crippen molar-refractivity contribution in [2.45, 2.75) is 37.8 Å². The molecule has 0 saturated heterocycles. The number of carbonyl (C=O) groups is 3. The summed E-state index contributed by atoms with van der Waals surface area (Å²) in [6, 6.07) is 16.4. The van der Waals surface area contributed by atoms with E-state index in [0.717, 1.165) is 25.7 Å². The summed E-state index contributed by atoms with van der Waals surface area (Å²) in [5.41, 5.74) is 1.10. The predicted octanol–water partition coefficient (Wildman–Crippen LogP) is 3.57. The summed E-state index contributed by atoms with van der Waals surface area (Å²) in [7, 11) is 0. The molecule has 9 heteroatoms. The second-order valence-corrected chi connectivity index (χ2v) is 8.76. The van der Waals surface area contributed by atoms with Gasteiger partial charge in [-0.3, -0.25) is 19.3 Å². The third kappa shape index (κ3) is 5.05. The van der Waals surface area contributed by atoms with E-state index < -0.39 is 17.9 Å². The molecule has 186 valence electrons. The molecular weight excluding hydrogens is 462 g/mol. The predicted molar refractivity (Wildman–Crippen MR) is 131 cm³/mol. The van der Waals surface area contributed by atoms with Crippen molar-refractivity contribution >= 4 is 23.4 Å². The van der Waals surface area contributed by atoms with E-state index >= 15 is 0 Å². The molecule has 0 spiro atoms. The number of amides is 3. The zero-order valence-corrected chi connectivity index (χ0v) is 19.6. The van der Waals surface area contributed by atoms with E-state index in [0.29, 0.717) is 22.7 Å². The molecule has 2 N–H and O–H groups in total. The Labute approximate surface area is 208 Å². The van der Waals surface area contributed by atoms with Crippen LogP contribution in [0.15, 0.2) is 71.3 Å². The third-order valence-electron chi connectivity index (χ3n) is 6.37. The molecule has 1 aromatic heterocycles. The van der Waals surface area contributed by atoms with Crippen molar-refractivity contribution in [2.24, 2.45) is 0 Å². The molecule has 0 bridgehead atoms. The maximum Gasteiger partial charge on any atom is 0.287 e. The average Bonchev–Trinajstić information content (AvgIpc) is 3.68. The summed E-state index contributed by atoms with van der Waals surface area (Å²) >= 11 is 0. The van der Waals surface area contributed by atoms with Crippen LogP contribution in [0.3, 0.4) is 0 Å². The number of fused-ring (bicyclic) bond motifs is 1. The Kier molecular flexibility index (Phi) is 6.88. The number of hydrogen-bond acceptors (Lipinski definition) is 6. The fourth-order valence-corrected chi connectivity index (χ4v) is 4.61. The van der Waals surface area contributed by atoms with Gasteiger partial charge in [0, 0.05) is 17.8 Å². The smallest absolute Gasteiger partial charge is 0.287 e. The van der Waals surface area contributed by atoms with Crippen LogP contribution in [0.4, 0.5) is 5.69 Å². The Bertz CT molecular complexity index is 1220. The minimum Gasteiger partial charge on any atom is -0.459 e. The highest BCUT2D eigenvalue weighted by Gasteiger charge is 2.35. The van der Waals surface area contributed by atoms with Crippen LogP contribution < -0.4 is 25.0 Å². The maximum atomic E-state index is 13.7. The first kappa shape index (κ1) is 23.5. The summed E-state index contributed by atoms with van der Waals surface area (Å²) in [5.74, 6) is -0.140. The number of nitrogens with zero attached hydrogens (tertiary/aromatic N) is 1. The molecule has 2 aromatic carbocycles. The van der Waals surface area contributed by atoms with Crippen molar-refractivity contribution in [2.75, 3.05) is 18.2 Å². The topological polar surface area (TPSA) is 110 Å². The van der Waals surface area contributed by atoms with E-state index in [1.54, 1.807) is 24.3 Å². The number of rotatable bonds is 8. The molecule has 1 fully saturated rings. The second kappa shape index (κ2) is 10.6. The lowest BCUT2D eigenvalue weighted by Gasteiger charge is -2.32. The van der Waals surface area contributed by atoms with Crippen LogP contribution in [-0.4, -0.2) is 37.1 Å². The molecule has 1 aliphatic heterocycles. The van der Waals surface area contributed by atoms with Gasteiger partial charge in [-0.25, -0.2) is 0 Å². The fourth-order valence-electron chi connectivity index (χ4n) is 4.61. The lowest BCUT2D eigenvalue weighted by atomic mass is 10.0. The van der Waals surface area contributed by atoms with Gasteiger partial charge in [-0.2, -0.15) is 0 Å². The highest BCUT2D eigenvalue weighted by molar-refractivity contribution is 6.04. The van der Waals surface area contributed by atoms with Crippen LogP contribution in [0.2, 0.25) is 0 Å². The molecule has 1 atom stereocenters. The molecule has 0 radical (unpaired) electrons. The van der Waals surface area contributed by atoms with Gasteiger partial charge in [0.2, 0.25) is 18.6 Å².